The lowest BCUT2D eigenvalue weighted by molar-refractivity contribution is -0.441. The molecule has 36 fully saturated rings. The molecule has 36 aliphatic rings. The van der Waals surface area contributed by atoms with E-state index in [9.17, 15) is 24.0 Å². The second kappa shape index (κ2) is 40.2. The standard InChI is InChI=1S/2C24H36O2.C23H34O3.C22H32O2.C16H28O2.5C2H6.10CH4/c1-6-20(2,3)19(25)26-21(4,5)22-10-15-16-7-14-8-17(15)24(12-22)13-23(16,11-22)18(24)9-14;1-6-20(2,3)19(25)26-21(4,5)24-12-15-10-22-13-23(11-15)16(22)7-14(8-17(22)24)9-18(23)24;1-5-20(3,4)19(24)25-13(2)26-21-9-15-16-6-14-7-17(15)23(11-21)12-22(16,10-21)18(23)8-14;1-5-19(2,3)18(23)24-20(4)13-9-21-11-22(10-13)15-7-12(8-16(21)22)6-14(21)17(15)20;1-6-15(2,3)14(17)18-16(4,5)13-10-11-7-8-12(13)9-11;5*1-2;;;;;;;;;;/h2*14-18H,6-13H2,1-5H3;13-18H,5-12H2,1-4H3;12-17H,5-11H2,1-4H3;11-13H,6-10H2,1-5H3;5*1-2H3;10*1H4. The van der Waals surface area contributed by atoms with Gasteiger partial charge in [-0.1, -0.05) is 185 Å². The first-order chi connectivity index (χ1) is 61.0. The Morgan fingerprint density at radius 3 is 1.05 bits per heavy atom. The summed E-state index contributed by atoms with van der Waals surface area (Å²) in [5, 5.41) is 0. The van der Waals surface area contributed by atoms with Crippen molar-refractivity contribution in [3.8, 4) is 0 Å². The number of ether oxygens (including phenoxy) is 6. The zero-order chi connectivity index (χ0) is 95.0. The molecule has 0 aromatic rings. The molecule has 34 bridgehead atoms. The third-order valence-corrected chi connectivity index (χ3v) is 48.9. The Hall–Kier alpha value is -2.69. The molecular formula is C129H236O11. The Balaban J connectivity index is 0.000000230. The summed E-state index contributed by atoms with van der Waals surface area (Å²) >= 11 is 0. The summed E-state index contributed by atoms with van der Waals surface area (Å²) in [5.41, 5.74) is 2.82. The predicted octanol–water partition coefficient (Wildman–Crippen LogP) is 36.6. The molecule has 818 valence electrons. The fourth-order valence-electron chi connectivity index (χ4n) is 43.1. The number of esters is 5. The molecule has 140 heavy (non-hydrogen) atoms. The first kappa shape index (κ1) is 124. The molecule has 0 saturated heterocycles. The SMILES string of the molecule is C.C.C.C.C.C.C.C.C.C.CC.CC.CC.CC.CC.CCC(C)(C)C(=O)OC(C)(C)C12CC3C4CC5CC3C3(CC4(C1)C3C5)C2.CCC(C)(C)C(=O)OC(C)(C)C12CC3CC45CC6(C3)C4CC(CC51)CC62.CCC(C)(C)C(=O)OC(C)(C)C1CC2CCC1C2.CCC(C)(C)C(=O)OC(C)OC12CC3C4CC5CC3C3(C1)CC4(C2)C3C5.CCC(C)(C)C(=O)OC1(C)C2CC34CC5(C2)C2CC(CC3C21)CC45. The van der Waals surface area contributed by atoms with Gasteiger partial charge in [0.2, 0.25) is 6.29 Å². The van der Waals surface area contributed by atoms with Crippen LogP contribution in [0.15, 0.2) is 0 Å². The first-order valence-corrected chi connectivity index (χ1v) is 56.8. The van der Waals surface area contributed by atoms with Crippen LogP contribution in [0.4, 0.5) is 0 Å². The van der Waals surface area contributed by atoms with Crippen LogP contribution in [0.1, 0.15) is 534 Å². The van der Waals surface area contributed by atoms with Crippen molar-refractivity contribution in [1.29, 1.82) is 0 Å². The molecule has 0 amide bonds. The van der Waals surface area contributed by atoms with E-state index in [2.05, 4.69) is 96.9 Å². The smallest absolute Gasteiger partial charge is 0.313 e. The molecule has 11 nitrogen and oxygen atoms in total. The highest BCUT2D eigenvalue weighted by molar-refractivity contribution is 5.78. The molecule has 0 N–H and O–H groups in total. The van der Waals surface area contributed by atoms with Crippen molar-refractivity contribution in [2.45, 2.75) is 568 Å². The van der Waals surface area contributed by atoms with Crippen LogP contribution in [0.2, 0.25) is 0 Å². The van der Waals surface area contributed by atoms with E-state index in [0.717, 1.165) is 156 Å². The van der Waals surface area contributed by atoms with Gasteiger partial charge in [0.15, 0.2) is 0 Å². The molecule has 36 aliphatic carbocycles. The van der Waals surface area contributed by atoms with Crippen LogP contribution >= 0.6 is 0 Å². The maximum atomic E-state index is 13.1. The van der Waals surface area contributed by atoms with Gasteiger partial charge in [0.25, 0.3) is 0 Å². The first-order valence-electron chi connectivity index (χ1n) is 56.8. The molecule has 0 aromatic heterocycles. The normalized spacial score (nSPS) is 45.6. The van der Waals surface area contributed by atoms with Crippen LogP contribution in [-0.4, -0.2) is 64.1 Å². The Bertz CT molecular complexity index is 4130. The monoisotopic (exact) mass is 1960 g/mol. The summed E-state index contributed by atoms with van der Waals surface area (Å²) in [6.45, 7) is 68.2. The number of carbonyl (C=O) groups excluding carboxylic acids is 5. The predicted molar refractivity (Wildman–Crippen MR) is 590 cm³/mol. The molecule has 0 heterocycles. The molecule has 0 aliphatic heterocycles. The summed E-state index contributed by atoms with van der Waals surface area (Å²) in [7, 11) is 0. The zero-order valence-electron chi connectivity index (χ0n) is 89.9. The van der Waals surface area contributed by atoms with Gasteiger partial charge in [-0.25, -0.2) is 0 Å². The van der Waals surface area contributed by atoms with Crippen molar-refractivity contribution in [2.75, 3.05) is 0 Å². The minimum atomic E-state index is -0.420. The van der Waals surface area contributed by atoms with Crippen LogP contribution in [-0.2, 0) is 52.4 Å². The highest BCUT2D eigenvalue weighted by Crippen LogP contribution is 2.97. The van der Waals surface area contributed by atoms with Gasteiger partial charge in [0, 0.05) is 22.7 Å². The van der Waals surface area contributed by atoms with Crippen molar-refractivity contribution >= 4 is 29.8 Å². The van der Waals surface area contributed by atoms with E-state index in [1.807, 2.05) is 132 Å². The fourth-order valence-corrected chi connectivity index (χ4v) is 43.1. The third-order valence-electron chi connectivity index (χ3n) is 48.9. The summed E-state index contributed by atoms with van der Waals surface area (Å²) in [4.78, 5) is 63.7. The minimum absolute atomic E-state index is 0. The van der Waals surface area contributed by atoms with Gasteiger partial charge in [-0.05, 0) is 523 Å². The lowest BCUT2D eigenvalue weighted by Gasteiger charge is -2.91. The number of hydrogen-bond acceptors (Lipinski definition) is 11. The second-order valence-corrected chi connectivity index (χ2v) is 55.8. The third kappa shape index (κ3) is 16.3. The molecule has 21 unspecified atom stereocenters. The van der Waals surface area contributed by atoms with E-state index in [1.54, 1.807) is 25.7 Å². The van der Waals surface area contributed by atoms with Gasteiger partial charge < -0.3 is 28.4 Å². The quantitative estimate of drug-likeness (QED) is 0.0653. The Labute approximate surface area is 868 Å². The van der Waals surface area contributed by atoms with E-state index in [-0.39, 0.29) is 165 Å². The average molecular weight is 1960 g/mol. The fraction of sp³-hybridized carbons (Fsp3) is 0.961. The van der Waals surface area contributed by atoms with Crippen LogP contribution < -0.4 is 0 Å². The highest BCUT2D eigenvalue weighted by Gasteiger charge is 2.92. The number of hydrogen-bond donors (Lipinski definition) is 0. The molecule has 36 rings (SSSR count). The van der Waals surface area contributed by atoms with E-state index in [1.165, 1.54) is 173 Å². The van der Waals surface area contributed by atoms with Crippen molar-refractivity contribution in [3.05, 3.63) is 0 Å². The molecule has 36 saturated carbocycles. The Morgan fingerprint density at radius 2 is 0.650 bits per heavy atom. The van der Waals surface area contributed by atoms with Crippen molar-refractivity contribution in [3.63, 3.8) is 0 Å². The van der Waals surface area contributed by atoms with E-state index in [4.69, 9.17) is 28.4 Å². The topological polar surface area (TPSA) is 141 Å². The maximum absolute atomic E-state index is 13.1. The van der Waals surface area contributed by atoms with Crippen LogP contribution in [0, 0.1) is 223 Å². The number of carbonyl (C=O) groups is 5. The van der Waals surface area contributed by atoms with Crippen molar-refractivity contribution < 1.29 is 52.4 Å². The van der Waals surface area contributed by atoms with Crippen LogP contribution in [0.25, 0.3) is 0 Å². The molecule has 0 radical (unpaired) electrons. The minimum Gasteiger partial charge on any atom is -0.459 e. The van der Waals surface area contributed by atoms with Gasteiger partial charge in [-0.2, -0.15) is 0 Å². The number of fused-ring (bicyclic) bond motifs is 2. The lowest BCUT2D eigenvalue weighted by atomic mass is 9.13. The summed E-state index contributed by atoms with van der Waals surface area (Å²) in [6.07, 6.45) is 48.2. The van der Waals surface area contributed by atoms with Gasteiger partial charge in [0.1, 0.15) is 22.4 Å². The van der Waals surface area contributed by atoms with E-state index >= 15 is 0 Å². The van der Waals surface area contributed by atoms with E-state index < -0.39 is 11.7 Å². The summed E-state index contributed by atoms with van der Waals surface area (Å²) in [6, 6.07) is 0. The van der Waals surface area contributed by atoms with Crippen LogP contribution in [0.3, 0.4) is 0 Å². The maximum Gasteiger partial charge on any atom is 0.313 e. The van der Waals surface area contributed by atoms with Crippen molar-refractivity contribution in [1.82, 2.24) is 0 Å². The van der Waals surface area contributed by atoms with Crippen LogP contribution in [0.5, 0.6) is 0 Å². The summed E-state index contributed by atoms with van der Waals surface area (Å²) in [5.74, 6) is 22.1. The van der Waals surface area contributed by atoms with Crippen molar-refractivity contribution in [2.24, 2.45) is 223 Å². The van der Waals surface area contributed by atoms with Gasteiger partial charge in [-0.15, -0.1) is 0 Å². The summed E-state index contributed by atoms with van der Waals surface area (Å²) < 4.78 is 37.6. The lowest BCUT2D eigenvalue weighted by Crippen LogP contribution is -2.86. The number of rotatable bonds is 20. The largest absolute Gasteiger partial charge is 0.459 e. The van der Waals surface area contributed by atoms with Gasteiger partial charge in [-0.3, -0.25) is 24.0 Å². The molecule has 8 spiro atoms. The average Bonchev–Trinajstić information content (AvgIpc) is 0.705. The zero-order valence-corrected chi connectivity index (χ0v) is 89.9. The Morgan fingerprint density at radius 1 is 0.314 bits per heavy atom. The molecule has 0 aromatic carbocycles. The molecule has 21 atom stereocenters. The molecule has 11 heteroatoms. The van der Waals surface area contributed by atoms with E-state index in [0.29, 0.717) is 61.1 Å². The van der Waals surface area contributed by atoms with Gasteiger partial charge >= 0.3 is 29.8 Å². The molecular weight excluding hydrogens is 1730 g/mol. The Kier molecular flexibility index (Phi) is 35.6. The highest BCUT2D eigenvalue weighted by atomic mass is 16.7. The van der Waals surface area contributed by atoms with Gasteiger partial charge in [0.05, 0.1) is 32.7 Å². The second-order valence-electron chi connectivity index (χ2n) is 55.8.